The van der Waals surface area contributed by atoms with Crippen LogP contribution in [0, 0.1) is 0 Å². The molecule has 2 fully saturated rings. The topological polar surface area (TPSA) is 35.5 Å². The van der Waals surface area contributed by atoms with Crippen molar-refractivity contribution in [2.75, 3.05) is 19.6 Å². The number of fused-ring (bicyclic) bond motifs is 1. The molecule has 2 N–H and O–H groups in total. The second kappa shape index (κ2) is 5.23. The molecule has 0 radical (unpaired) electrons. The van der Waals surface area contributed by atoms with Crippen molar-refractivity contribution >= 4 is 8.32 Å². The van der Waals surface area contributed by atoms with E-state index < -0.39 is 8.32 Å². The number of nitrogens with one attached hydrogen (secondary N) is 1. The van der Waals surface area contributed by atoms with Gasteiger partial charge in [-0.25, -0.2) is 0 Å². The first-order valence-corrected chi connectivity index (χ1v) is 10.4. The van der Waals surface area contributed by atoms with E-state index in [9.17, 15) is 4.80 Å². The fourth-order valence-corrected chi connectivity index (χ4v) is 3.81. The minimum absolute atomic E-state index is 0.122. The minimum atomic E-state index is -2.04. The Labute approximate surface area is 113 Å². The number of nitrogens with zero attached hydrogens (tertiary/aromatic N) is 1. The Morgan fingerprint density at radius 1 is 1.39 bits per heavy atom. The molecular formula is C14H30N2OSi. The van der Waals surface area contributed by atoms with Crippen LogP contribution in [-0.2, 0) is 0 Å². The van der Waals surface area contributed by atoms with Gasteiger partial charge in [-0.15, -0.1) is 0 Å². The summed E-state index contributed by atoms with van der Waals surface area (Å²) < 4.78 is 0. The van der Waals surface area contributed by atoms with Crippen LogP contribution in [0.4, 0.5) is 0 Å². The van der Waals surface area contributed by atoms with Crippen molar-refractivity contribution in [3.63, 3.8) is 0 Å². The Morgan fingerprint density at radius 2 is 2.11 bits per heavy atom. The molecule has 2 aliphatic rings. The first-order chi connectivity index (χ1) is 8.29. The van der Waals surface area contributed by atoms with Crippen molar-refractivity contribution in [3.05, 3.63) is 0 Å². The number of piperazine rings is 1. The molecule has 2 rings (SSSR count). The zero-order valence-electron chi connectivity index (χ0n) is 12.5. The summed E-state index contributed by atoms with van der Waals surface area (Å²) in [5.74, 6) is 0. The summed E-state index contributed by atoms with van der Waals surface area (Å²) in [6, 6.07) is 1.44. The van der Waals surface area contributed by atoms with Gasteiger partial charge < -0.3 is 10.1 Å². The van der Waals surface area contributed by atoms with Gasteiger partial charge in [0.15, 0.2) is 8.32 Å². The van der Waals surface area contributed by atoms with Crippen LogP contribution in [-0.4, -0.2) is 49.7 Å². The molecule has 106 valence electrons. The predicted octanol–water partition coefficient (Wildman–Crippen LogP) is 2.18. The molecule has 2 atom stereocenters. The van der Waals surface area contributed by atoms with Gasteiger partial charge >= 0.3 is 0 Å². The lowest BCUT2D eigenvalue weighted by molar-refractivity contribution is 0.165. The van der Waals surface area contributed by atoms with Crippen molar-refractivity contribution in [1.82, 2.24) is 10.2 Å². The third-order valence-corrected chi connectivity index (χ3v) is 8.93. The Morgan fingerprint density at radius 3 is 2.78 bits per heavy atom. The Hall–Kier alpha value is 0.0969. The monoisotopic (exact) mass is 270 g/mol. The molecule has 18 heavy (non-hydrogen) atoms. The zero-order chi connectivity index (χ0) is 13.4. The Bertz CT molecular complexity index is 288. The van der Waals surface area contributed by atoms with Crippen LogP contribution < -0.4 is 5.32 Å². The van der Waals surface area contributed by atoms with Crippen LogP contribution in [0.5, 0.6) is 0 Å². The molecule has 2 heterocycles. The predicted molar refractivity (Wildman–Crippen MR) is 79.4 cm³/mol. The summed E-state index contributed by atoms with van der Waals surface area (Å²) in [6.45, 7) is 12.3. The van der Waals surface area contributed by atoms with Crippen molar-refractivity contribution in [1.29, 1.82) is 0 Å². The molecule has 0 bridgehead atoms. The van der Waals surface area contributed by atoms with Crippen LogP contribution in [0.25, 0.3) is 0 Å². The second-order valence-electron chi connectivity index (χ2n) is 7.38. The van der Waals surface area contributed by atoms with Crippen molar-refractivity contribution in [2.24, 2.45) is 0 Å². The maximum atomic E-state index is 10.3. The molecule has 0 spiro atoms. The van der Waals surface area contributed by atoms with E-state index in [0.29, 0.717) is 6.04 Å². The highest BCUT2D eigenvalue weighted by Gasteiger charge is 2.39. The second-order valence-corrected chi connectivity index (χ2v) is 11.8. The average Bonchev–Trinajstić information content (AvgIpc) is 2.71. The van der Waals surface area contributed by atoms with Gasteiger partial charge in [0.2, 0.25) is 0 Å². The molecular weight excluding hydrogens is 240 g/mol. The van der Waals surface area contributed by atoms with E-state index in [4.69, 9.17) is 0 Å². The van der Waals surface area contributed by atoms with Gasteiger partial charge in [0.25, 0.3) is 0 Å². The highest BCUT2D eigenvalue weighted by atomic mass is 28.4. The van der Waals surface area contributed by atoms with E-state index in [1.54, 1.807) is 0 Å². The zero-order valence-corrected chi connectivity index (χ0v) is 13.5. The summed E-state index contributed by atoms with van der Waals surface area (Å²) in [7, 11) is -2.04. The van der Waals surface area contributed by atoms with E-state index in [1.807, 2.05) is 0 Å². The third-order valence-electron chi connectivity index (χ3n) is 5.37. The van der Waals surface area contributed by atoms with Crippen molar-refractivity contribution in [2.45, 2.75) is 69.7 Å². The van der Waals surface area contributed by atoms with Crippen molar-refractivity contribution < 1.29 is 4.80 Å². The highest BCUT2D eigenvalue weighted by Crippen LogP contribution is 2.40. The number of rotatable bonds is 4. The average molecular weight is 270 g/mol. The Kier molecular flexibility index (Phi) is 4.22. The lowest BCUT2D eigenvalue weighted by Crippen LogP contribution is -2.54. The van der Waals surface area contributed by atoms with Gasteiger partial charge in [0.05, 0.1) is 0 Å². The van der Waals surface area contributed by atoms with Gasteiger partial charge in [-0.3, -0.25) is 4.90 Å². The van der Waals surface area contributed by atoms with Gasteiger partial charge in [0, 0.05) is 25.2 Å². The smallest absolute Gasteiger partial charge is 0.188 e. The summed E-state index contributed by atoms with van der Waals surface area (Å²) in [5, 5.41) is 3.83. The molecule has 2 aliphatic heterocycles. The maximum absolute atomic E-state index is 10.3. The van der Waals surface area contributed by atoms with E-state index in [2.05, 4.69) is 37.2 Å². The summed E-state index contributed by atoms with van der Waals surface area (Å²) >= 11 is 0. The molecule has 4 heteroatoms. The Balaban J connectivity index is 1.81. The molecule has 0 saturated carbocycles. The van der Waals surface area contributed by atoms with Gasteiger partial charge in [0.1, 0.15) is 0 Å². The lowest BCUT2D eigenvalue weighted by atomic mass is 9.99. The highest BCUT2D eigenvalue weighted by molar-refractivity contribution is 6.72. The lowest BCUT2D eigenvalue weighted by Gasteiger charge is -2.39. The van der Waals surface area contributed by atoms with Crippen LogP contribution >= 0.6 is 0 Å². The standard InChI is InChI=1S/C14H30N2OSi/c1-14(2,18(3,4)17)8-7-12-11-16-9-5-6-13(16)10-15-12/h12-13,15,17H,5-11H2,1-4H3/t12-,13?/m0/s1. The third kappa shape index (κ3) is 3.16. The van der Waals surface area contributed by atoms with E-state index in [-0.39, 0.29) is 5.04 Å². The van der Waals surface area contributed by atoms with Crippen molar-refractivity contribution in [3.8, 4) is 0 Å². The van der Waals surface area contributed by atoms with E-state index in [1.165, 1.54) is 38.9 Å². The van der Waals surface area contributed by atoms with Gasteiger partial charge in [-0.05, 0) is 50.4 Å². The summed E-state index contributed by atoms with van der Waals surface area (Å²) in [4.78, 5) is 13.0. The van der Waals surface area contributed by atoms with Crippen LogP contribution in [0.3, 0.4) is 0 Å². The number of hydrogen-bond acceptors (Lipinski definition) is 3. The first kappa shape index (κ1) is 14.5. The molecule has 0 amide bonds. The normalized spacial score (nSPS) is 30.5. The fourth-order valence-electron chi connectivity index (χ4n) is 3.05. The summed E-state index contributed by atoms with van der Waals surface area (Å²) in [6.07, 6.45) is 5.09. The first-order valence-electron chi connectivity index (χ1n) is 7.49. The molecule has 0 aromatic rings. The summed E-state index contributed by atoms with van der Waals surface area (Å²) in [5.41, 5.74) is 0. The van der Waals surface area contributed by atoms with Gasteiger partial charge in [-0.2, -0.15) is 0 Å². The molecule has 3 nitrogen and oxygen atoms in total. The quantitative estimate of drug-likeness (QED) is 0.769. The van der Waals surface area contributed by atoms with E-state index in [0.717, 1.165) is 12.5 Å². The number of hydrogen-bond donors (Lipinski definition) is 2. The van der Waals surface area contributed by atoms with Crippen LogP contribution in [0.1, 0.15) is 39.5 Å². The van der Waals surface area contributed by atoms with E-state index >= 15 is 0 Å². The SMILES string of the molecule is CC(C)(CC[C@H]1CN2CCCC2CN1)[Si](C)(C)O. The molecule has 0 aromatic carbocycles. The van der Waals surface area contributed by atoms with Crippen LogP contribution in [0.2, 0.25) is 18.1 Å². The minimum Gasteiger partial charge on any atom is -0.432 e. The van der Waals surface area contributed by atoms with Gasteiger partial charge in [-0.1, -0.05) is 13.8 Å². The fraction of sp³-hybridized carbons (Fsp3) is 1.00. The molecule has 1 unspecified atom stereocenters. The maximum Gasteiger partial charge on any atom is 0.188 e. The molecule has 0 aliphatic carbocycles. The largest absolute Gasteiger partial charge is 0.432 e. The molecule has 2 saturated heterocycles. The van der Waals surface area contributed by atoms with Crippen LogP contribution in [0.15, 0.2) is 0 Å². The molecule has 0 aromatic heterocycles.